The second kappa shape index (κ2) is 5.86. The molecule has 0 N–H and O–H groups in total. The zero-order valence-corrected chi connectivity index (χ0v) is 10.8. The molecule has 0 aliphatic carbocycles. The maximum atomic E-state index is 13.7. The van der Waals surface area contributed by atoms with Crippen molar-refractivity contribution in [2.45, 2.75) is 0 Å². The summed E-state index contributed by atoms with van der Waals surface area (Å²) in [6.07, 6.45) is 2.68. The maximum Gasteiger partial charge on any atom is 0.222 e. The van der Waals surface area contributed by atoms with Crippen LogP contribution in [0.25, 0.3) is 11.3 Å². The van der Waals surface area contributed by atoms with Crippen LogP contribution in [0.3, 0.4) is 0 Å². The number of aromatic nitrogens is 2. The summed E-state index contributed by atoms with van der Waals surface area (Å²) in [6, 6.07) is 4.51. The van der Waals surface area contributed by atoms with Crippen LogP contribution in [0.15, 0.2) is 30.6 Å². The standard InChI is InChI=1S/C13H10ClFN2O2/c1-19-7-11(18)10-5-8(14)6-17-12(10)9-3-2-4-16-13(9)15/h2-6H,7H2,1H3. The smallest absolute Gasteiger partial charge is 0.222 e. The fourth-order valence-corrected chi connectivity index (χ4v) is 1.80. The summed E-state index contributed by atoms with van der Waals surface area (Å²) in [5.41, 5.74) is 0.567. The molecular weight excluding hydrogens is 271 g/mol. The van der Waals surface area contributed by atoms with Crippen molar-refractivity contribution in [3.8, 4) is 11.3 Å². The van der Waals surface area contributed by atoms with Gasteiger partial charge in [-0.25, -0.2) is 4.98 Å². The van der Waals surface area contributed by atoms with Crippen LogP contribution in [0.1, 0.15) is 10.4 Å². The van der Waals surface area contributed by atoms with Crippen LogP contribution >= 0.6 is 11.6 Å². The molecule has 0 aliphatic heterocycles. The maximum absolute atomic E-state index is 13.7. The number of ether oxygens (including phenoxy) is 1. The highest BCUT2D eigenvalue weighted by molar-refractivity contribution is 6.31. The number of Topliss-reactive ketones (excluding diaryl/α,β-unsaturated/α-hetero) is 1. The molecule has 0 fully saturated rings. The lowest BCUT2D eigenvalue weighted by Crippen LogP contribution is -2.10. The monoisotopic (exact) mass is 280 g/mol. The van der Waals surface area contributed by atoms with Crippen molar-refractivity contribution < 1.29 is 13.9 Å². The summed E-state index contributed by atoms with van der Waals surface area (Å²) in [7, 11) is 1.40. The fraction of sp³-hybridized carbons (Fsp3) is 0.154. The van der Waals surface area contributed by atoms with Crippen molar-refractivity contribution in [1.29, 1.82) is 0 Å². The van der Waals surface area contributed by atoms with E-state index in [9.17, 15) is 9.18 Å². The van der Waals surface area contributed by atoms with Crippen molar-refractivity contribution >= 4 is 17.4 Å². The molecule has 4 nitrogen and oxygen atoms in total. The Balaban J connectivity index is 2.57. The number of methoxy groups -OCH3 is 1. The molecule has 2 aromatic heterocycles. The molecule has 6 heteroatoms. The molecule has 19 heavy (non-hydrogen) atoms. The summed E-state index contributed by atoms with van der Waals surface area (Å²) < 4.78 is 18.5. The number of hydrogen-bond acceptors (Lipinski definition) is 4. The van der Waals surface area contributed by atoms with E-state index in [-0.39, 0.29) is 29.2 Å². The Labute approximate surface area is 114 Å². The lowest BCUT2D eigenvalue weighted by molar-refractivity contribution is 0.0848. The Bertz CT molecular complexity index is 619. The molecule has 2 aromatic rings. The van der Waals surface area contributed by atoms with Gasteiger partial charge in [0.15, 0.2) is 5.78 Å². The van der Waals surface area contributed by atoms with Gasteiger partial charge in [-0.1, -0.05) is 11.6 Å². The van der Waals surface area contributed by atoms with Crippen molar-refractivity contribution in [1.82, 2.24) is 9.97 Å². The molecule has 0 saturated heterocycles. The van der Waals surface area contributed by atoms with Gasteiger partial charge in [0, 0.05) is 25.1 Å². The molecule has 0 atom stereocenters. The van der Waals surface area contributed by atoms with Crippen molar-refractivity contribution in [2.75, 3.05) is 13.7 Å². The average Bonchev–Trinajstić information content (AvgIpc) is 2.40. The van der Waals surface area contributed by atoms with Crippen LogP contribution in [0.5, 0.6) is 0 Å². The molecule has 0 saturated carbocycles. The first-order valence-corrected chi connectivity index (χ1v) is 5.80. The third-order valence-corrected chi connectivity index (χ3v) is 2.65. The van der Waals surface area contributed by atoms with E-state index in [2.05, 4.69) is 9.97 Å². The topological polar surface area (TPSA) is 52.1 Å². The molecule has 0 bridgehead atoms. The Morgan fingerprint density at radius 3 is 2.95 bits per heavy atom. The number of carbonyl (C=O) groups is 1. The van der Waals surface area contributed by atoms with Gasteiger partial charge in [0.05, 0.1) is 16.3 Å². The zero-order valence-electron chi connectivity index (χ0n) is 10.1. The van der Waals surface area contributed by atoms with Gasteiger partial charge in [-0.15, -0.1) is 0 Å². The van der Waals surface area contributed by atoms with E-state index >= 15 is 0 Å². The van der Waals surface area contributed by atoms with Gasteiger partial charge in [-0.05, 0) is 18.2 Å². The summed E-state index contributed by atoms with van der Waals surface area (Å²) in [5, 5.41) is 0.299. The first-order valence-electron chi connectivity index (χ1n) is 5.42. The van der Waals surface area contributed by atoms with Crippen LogP contribution in [0.2, 0.25) is 5.02 Å². The summed E-state index contributed by atoms with van der Waals surface area (Å²) in [5.74, 6) is -1.01. The second-order valence-electron chi connectivity index (χ2n) is 3.75. The summed E-state index contributed by atoms with van der Waals surface area (Å²) in [6.45, 7) is -0.128. The van der Waals surface area contributed by atoms with E-state index in [1.807, 2.05) is 0 Å². The molecule has 2 rings (SSSR count). The molecule has 0 aromatic carbocycles. The largest absolute Gasteiger partial charge is 0.377 e. The first-order chi connectivity index (χ1) is 9.13. The normalized spacial score (nSPS) is 10.5. The third-order valence-electron chi connectivity index (χ3n) is 2.44. The number of pyridine rings is 2. The Kier molecular flexibility index (Phi) is 4.19. The molecular formula is C13H10ClFN2O2. The first kappa shape index (κ1) is 13.6. The number of carbonyl (C=O) groups excluding carboxylic acids is 1. The minimum absolute atomic E-state index is 0.128. The number of nitrogens with zero attached hydrogens (tertiary/aromatic N) is 2. The highest BCUT2D eigenvalue weighted by Crippen LogP contribution is 2.25. The molecule has 0 amide bonds. The van der Waals surface area contributed by atoms with Crippen LogP contribution < -0.4 is 0 Å². The minimum Gasteiger partial charge on any atom is -0.377 e. The number of halogens is 2. The van der Waals surface area contributed by atoms with Gasteiger partial charge in [0.2, 0.25) is 5.95 Å². The average molecular weight is 281 g/mol. The van der Waals surface area contributed by atoms with Crippen LogP contribution in [-0.2, 0) is 4.74 Å². The molecule has 2 heterocycles. The van der Waals surface area contributed by atoms with Crippen LogP contribution in [0, 0.1) is 5.95 Å². The number of hydrogen-bond donors (Lipinski definition) is 0. The Morgan fingerprint density at radius 1 is 1.47 bits per heavy atom. The quantitative estimate of drug-likeness (QED) is 0.638. The SMILES string of the molecule is COCC(=O)c1cc(Cl)cnc1-c1cccnc1F. The van der Waals surface area contributed by atoms with E-state index in [1.165, 1.54) is 31.6 Å². The van der Waals surface area contributed by atoms with Gasteiger partial charge in [0.25, 0.3) is 0 Å². The fourth-order valence-electron chi connectivity index (χ4n) is 1.64. The molecule has 0 unspecified atom stereocenters. The van der Waals surface area contributed by atoms with Gasteiger partial charge in [-0.2, -0.15) is 4.39 Å². The summed E-state index contributed by atoms with van der Waals surface area (Å²) in [4.78, 5) is 19.5. The molecule has 0 radical (unpaired) electrons. The predicted octanol–water partition coefficient (Wildman–Crippen LogP) is 2.77. The summed E-state index contributed by atoms with van der Waals surface area (Å²) >= 11 is 5.82. The van der Waals surface area contributed by atoms with Crippen molar-refractivity contribution in [3.05, 3.63) is 47.1 Å². The lowest BCUT2D eigenvalue weighted by atomic mass is 10.0. The van der Waals surface area contributed by atoms with E-state index < -0.39 is 5.95 Å². The van der Waals surface area contributed by atoms with E-state index in [4.69, 9.17) is 16.3 Å². The van der Waals surface area contributed by atoms with Gasteiger partial charge >= 0.3 is 0 Å². The van der Waals surface area contributed by atoms with Gasteiger partial charge in [-0.3, -0.25) is 9.78 Å². The highest BCUT2D eigenvalue weighted by Gasteiger charge is 2.17. The van der Waals surface area contributed by atoms with E-state index in [1.54, 1.807) is 6.07 Å². The van der Waals surface area contributed by atoms with Crippen LogP contribution in [-0.4, -0.2) is 29.5 Å². The van der Waals surface area contributed by atoms with E-state index in [0.717, 1.165) is 0 Å². The Hall–Kier alpha value is -1.85. The molecule has 0 spiro atoms. The molecule has 0 aliphatic rings. The van der Waals surface area contributed by atoms with Gasteiger partial charge < -0.3 is 4.74 Å². The zero-order chi connectivity index (χ0) is 13.8. The highest BCUT2D eigenvalue weighted by atomic mass is 35.5. The second-order valence-corrected chi connectivity index (χ2v) is 4.18. The number of ketones is 1. The van der Waals surface area contributed by atoms with Gasteiger partial charge in [0.1, 0.15) is 6.61 Å². The lowest BCUT2D eigenvalue weighted by Gasteiger charge is -2.08. The molecule has 98 valence electrons. The minimum atomic E-state index is -0.691. The third kappa shape index (κ3) is 2.94. The predicted molar refractivity (Wildman–Crippen MR) is 68.6 cm³/mol. The van der Waals surface area contributed by atoms with Crippen molar-refractivity contribution in [3.63, 3.8) is 0 Å². The Morgan fingerprint density at radius 2 is 2.26 bits per heavy atom. The number of rotatable bonds is 4. The van der Waals surface area contributed by atoms with E-state index in [0.29, 0.717) is 5.02 Å². The van der Waals surface area contributed by atoms with Crippen molar-refractivity contribution in [2.24, 2.45) is 0 Å². The van der Waals surface area contributed by atoms with Crippen LogP contribution in [0.4, 0.5) is 4.39 Å².